The Bertz CT molecular complexity index is 1060. The SMILES string of the molecule is CO[C@@H]1CCN(c2nccc(Nc3cc4c(cn3)nc([C@@H](C)O)n4C(C)C)n2)C[C@@H]1F. The van der Waals surface area contributed by atoms with Crippen LogP contribution in [0.15, 0.2) is 24.5 Å². The van der Waals surface area contributed by atoms with Crippen LogP contribution in [0.5, 0.6) is 0 Å². The topological polar surface area (TPSA) is 101 Å². The van der Waals surface area contributed by atoms with Crippen LogP contribution in [0.1, 0.15) is 45.2 Å². The number of halogens is 1. The van der Waals surface area contributed by atoms with Gasteiger partial charge in [0.25, 0.3) is 0 Å². The average molecular weight is 430 g/mol. The zero-order valence-corrected chi connectivity index (χ0v) is 18.2. The Balaban J connectivity index is 1.58. The molecule has 9 nitrogen and oxygen atoms in total. The van der Waals surface area contributed by atoms with Gasteiger partial charge in [-0.3, -0.25) is 0 Å². The van der Waals surface area contributed by atoms with Gasteiger partial charge in [0.05, 0.1) is 24.4 Å². The number of imidazole rings is 1. The molecule has 3 aromatic rings. The normalized spacial score (nSPS) is 20.4. The first kappa shape index (κ1) is 21.4. The molecule has 1 saturated heterocycles. The molecule has 0 amide bonds. The Morgan fingerprint density at radius 3 is 2.71 bits per heavy atom. The Labute approximate surface area is 180 Å². The Morgan fingerprint density at radius 1 is 1.23 bits per heavy atom. The molecule has 0 bridgehead atoms. The summed E-state index contributed by atoms with van der Waals surface area (Å²) in [6.07, 6.45) is 1.75. The van der Waals surface area contributed by atoms with Crippen LogP contribution < -0.4 is 10.2 Å². The van der Waals surface area contributed by atoms with E-state index in [0.717, 1.165) is 5.52 Å². The third kappa shape index (κ3) is 4.31. The van der Waals surface area contributed by atoms with Gasteiger partial charge in [-0.05, 0) is 33.3 Å². The summed E-state index contributed by atoms with van der Waals surface area (Å²) in [5, 5.41) is 13.3. The maximum Gasteiger partial charge on any atom is 0.227 e. The van der Waals surface area contributed by atoms with E-state index < -0.39 is 12.3 Å². The Morgan fingerprint density at radius 2 is 2.03 bits per heavy atom. The molecule has 0 saturated carbocycles. The molecule has 2 N–H and O–H groups in total. The number of methoxy groups -OCH3 is 1. The van der Waals surface area contributed by atoms with Crippen LogP contribution >= 0.6 is 0 Å². The number of alkyl halides is 1. The number of hydrogen-bond acceptors (Lipinski definition) is 8. The molecule has 1 fully saturated rings. The molecule has 3 aromatic heterocycles. The number of nitrogens with zero attached hydrogens (tertiary/aromatic N) is 6. The summed E-state index contributed by atoms with van der Waals surface area (Å²) < 4.78 is 21.4. The lowest BCUT2D eigenvalue weighted by Gasteiger charge is -2.33. The van der Waals surface area contributed by atoms with Gasteiger partial charge in [0.2, 0.25) is 5.95 Å². The van der Waals surface area contributed by atoms with Crippen molar-refractivity contribution in [2.75, 3.05) is 30.4 Å². The molecule has 0 spiro atoms. The van der Waals surface area contributed by atoms with Gasteiger partial charge < -0.3 is 24.6 Å². The number of ether oxygens (including phenoxy) is 1. The van der Waals surface area contributed by atoms with Gasteiger partial charge in [0.15, 0.2) is 0 Å². The van der Waals surface area contributed by atoms with Gasteiger partial charge in [0, 0.05) is 32.0 Å². The fraction of sp³-hybridized carbons (Fsp3) is 0.524. The standard InChI is InChI=1S/C21H28FN7O2/c1-12(2)29-16-9-19(24-10-15(16)25-20(29)13(3)30)26-18-5-7-23-21(27-18)28-8-6-17(31-4)14(22)11-28/h5,7,9-10,12-14,17,30H,6,8,11H2,1-4H3,(H,23,24,26,27)/t13-,14+,17-/m1/s1. The van der Waals surface area contributed by atoms with E-state index >= 15 is 0 Å². The quantitative estimate of drug-likeness (QED) is 0.616. The third-order valence-electron chi connectivity index (χ3n) is 5.46. The monoisotopic (exact) mass is 429 g/mol. The first-order valence-electron chi connectivity index (χ1n) is 10.4. The maximum atomic E-state index is 14.3. The van der Waals surface area contributed by atoms with Gasteiger partial charge in [-0.1, -0.05) is 0 Å². The molecule has 1 aliphatic rings. The first-order chi connectivity index (χ1) is 14.9. The largest absolute Gasteiger partial charge is 0.385 e. The van der Waals surface area contributed by atoms with E-state index in [1.54, 1.807) is 25.4 Å². The van der Waals surface area contributed by atoms with Crippen molar-refractivity contribution in [1.29, 1.82) is 0 Å². The number of hydrogen-bond donors (Lipinski definition) is 2. The van der Waals surface area contributed by atoms with Gasteiger partial charge in [0.1, 0.15) is 35.3 Å². The number of anilines is 3. The van der Waals surface area contributed by atoms with Crippen LogP contribution in [0.2, 0.25) is 0 Å². The highest BCUT2D eigenvalue weighted by Gasteiger charge is 2.30. The summed E-state index contributed by atoms with van der Waals surface area (Å²) in [6.45, 7) is 6.61. The van der Waals surface area contributed by atoms with Crippen molar-refractivity contribution in [1.82, 2.24) is 24.5 Å². The molecule has 3 atom stereocenters. The van der Waals surface area contributed by atoms with Crippen molar-refractivity contribution in [2.45, 2.75) is 51.6 Å². The van der Waals surface area contributed by atoms with Gasteiger partial charge >= 0.3 is 0 Å². The fourth-order valence-corrected chi connectivity index (χ4v) is 3.96. The predicted octanol–water partition coefficient (Wildman–Crippen LogP) is 3.16. The van der Waals surface area contributed by atoms with Crippen molar-refractivity contribution >= 4 is 28.6 Å². The van der Waals surface area contributed by atoms with E-state index in [1.807, 2.05) is 29.4 Å². The number of nitrogens with one attached hydrogen (secondary N) is 1. The van der Waals surface area contributed by atoms with Crippen LogP contribution in [-0.2, 0) is 4.74 Å². The van der Waals surface area contributed by atoms with Crippen LogP contribution in [0.4, 0.5) is 22.0 Å². The average Bonchev–Trinajstić information content (AvgIpc) is 3.13. The first-order valence-corrected chi connectivity index (χ1v) is 10.4. The van der Waals surface area contributed by atoms with E-state index in [-0.39, 0.29) is 18.7 Å². The van der Waals surface area contributed by atoms with E-state index in [4.69, 9.17) is 4.74 Å². The lowest BCUT2D eigenvalue weighted by Crippen LogP contribution is -2.46. The van der Waals surface area contributed by atoms with Crippen molar-refractivity contribution in [3.63, 3.8) is 0 Å². The number of aliphatic hydroxyl groups is 1. The second kappa shape index (κ2) is 8.72. The molecule has 31 heavy (non-hydrogen) atoms. The number of aliphatic hydroxyl groups excluding tert-OH is 1. The summed E-state index contributed by atoms with van der Waals surface area (Å²) in [5.74, 6) is 2.23. The molecule has 0 unspecified atom stereocenters. The molecule has 4 rings (SSSR count). The van der Waals surface area contributed by atoms with Crippen LogP contribution in [0.3, 0.4) is 0 Å². The predicted molar refractivity (Wildman–Crippen MR) is 116 cm³/mol. The molecule has 0 aliphatic carbocycles. The number of piperidine rings is 1. The third-order valence-corrected chi connectivity index (χ3v) is 5.46. The molecular weight excluding hydrogens is 401 g/mol. The van der Waals surface area contributed by atoms with Gasteiger partial charge in [-0.15, -0.1) is 0 Å². The number of rotatable bonds is 6. The van der Waals surface area contributed by atoms with Crippen molar-refractivity contribution in [3.8, 4) is 0 Å². The summed E-state index contributed by atoms with van der Waals surface area (Å²) >= 11 is 0. The highest BCUT2D eigenvalue weighted by Crippen LogP contribution is 2.27. The summed E-state index contributed by atoms with van der Waals surface area (Å²) in [6, 6.07) is 3.75. The highest BCUT2D eigenvalue weighted by atomic mass is 19.1. The van der Waals surface area contributed by atoms with Crippen LogP contribution in [0.25, 0.3) is 11.0 Å². The molecule has 1 aliphatic heterocycles. The van der Waals surface area contributed by atoms with Crippen molar-refractivity contribution in [2.24, 2.45) is 0 Å². The molecule has 10 heteroatoms. The minimum Gasteiger partial charge on any atom is -0.385 e. The van der Waals surface area contributed by atoms with Crippen molar-refractivity contribution in [3.05, 3.63) is 30.4 Å². The van der Waals surface area contributed by atoms with Gasteiger partial charge in [-0.25, -0.2) is 19.3 Å². The van der Waals surface area contributed by atoms with Gasteiger partial charge in [-0.2, -0.15) is 4.98 Å². The van der Waals surface area contributed by atoms with E-state index in [1.165, 1.54) is 7.11 Å². The van der Waals surface area contributed by atoms with Crippen LogP contribution in [0, 0.1) is 0 Å². The minimum atomic E-state index is -1.08. The molecule has 0 radical (unpaired) electrons. The second-order valence-corrected chi connectivity index (χ2v) is 8.06. The summed E-state index contributed by atoms with van der Waals surface area (Å²) in [7, 11) is 1.53. The number of aromatic nitrogens is 5. The lowest BCUT2D eigenvalue weighted by atomic mass is 10.1. The lowest BCUT2D eigenvalue weighted by molar-refractivity contribution is 0.0194. The molecule has 0 aromatic carbocycles. The highest BCUT2D eigenvalue weighted by molar-refractivity contribution is 5.79. The fourth-order valence-electron chi connectivity index (χ4n) is 3.96. The molecular formula is C21H28FN7O2. The number of pyridine rings is 1. The van der Waals surface area contributed by atoms with Crippen LogP contribution in [-0.4, -0.2) is 62.1 Å². The Hall–Kier alpha value is -2.85. The van der Waals surface area contributed by atoms with Crippen molar-refractivity contribution < 1.29 is 14.2 Å². The second-order valence-electron chi connectivity index (χ2n) is 8.06. The Kier molecular flexibility index (Phi) is 6.01. The maximum absolute atomic E-state index is 14.3. The van der Waals surface area contributed by atoms with E-state index in [0.29, 0.717) is 41.9 Å². The molecule has 166 valence electrons. The zero-order valence-electron chi connectivity index (χ0n) is 18.2. The smallest absolute Gasteiger partial charge is 0.227 e. The number of fused-ring (bicyclic) bond motifs is 1. The van der Waals surface area contributed by atoms with E-state index in [2.05, 4.69) is 25.3 Å². The minimum absolute atomic E-state index is 0.124. The summed E-state index contributed by atoms with van der Waals surface area (Å²) in [5.41, 5.74) is 1.59. The summed E-state index contributed by atoms with van der Waals surface area (Å²) in [4.78, 5) is 19.6. The zero-order chi connectivity index (χ0) is 22.1. The molecule has 4 heterocycles. The van der Waals surface area contributed by atoms with E-state index in [9.17, 15) is 9.50 Å².